The minimum atomic E-state index is -0.219. The number of rotatable bonds is 1. The molecule has 0 bridgehead atoms. The number of hydrogen-bond acceptors (Lipinski definition) is 1. The molecule has 0 N–H and O–H groups in total. The Morgan fingerprint density at radius 3 is 2.28 bits per heavy atom. The summed E-state index contributed by atoms with van der Waals surface area (Å²) in [5.74, 6) is -0.219. The summed E-state index contributed by atoms with van der Waals surface area (Å²) in [4.78, 5) is 4.41. The Balaban J connectivity index is 2.30. The van der Waals surface area contributed by atoms with Gasteiger partial charge < -0.3 is 0 Å². The maximum absolute atomic E-state index is 13.0. The molecule has 0 aliphatic rings. The van der Waals surface area contributed by atoms with Crippen molar-refractivity contribution in [1.29, 1.82) is 0 Å². The molecule has 0 spiro atoms. The fourth-order valence-corrected chi connectivity index (χ4v) is 2.19. The van der Waals surface area contributed by atoms with Crippen LogP contribution >= 0.6 is 0 Å². The molecule has 0 radical (unpaired) electrons. The second-order valence-corrected chi connectivity index (χ2v) is 4.31. The third kappa shape index (κ3) is 1.76. The van der Waals surface area contributed by atoms with Gasteiger partial charge in [-0.25, -0.2) is 4.39 Å². The second-order valence-electron chi connectivity index (χ2n) is 4.31. The number of aryl methyl sites for hydroxylation is 1. The second kappa shape index (κ2) is 4.22. The van der Waals surface area contributed by atoms with E-state index in [0.717, 1.165) is 27.6 Å². The minimum absolute atomic E-state index is 0.219. The zero-order valence-corrected chi connectivity index (χ0v) is 10.0. The lowest BCUT2D eigenvalue weighted by atomic mass is 9.99. The lowest BCUT2D eigenvalue weighted by Crippen LogP contribution is -1.88. The van der Waals surface area contributed by atoms with Gasteiger partial charge in [0.15, 0.2) is 0 Å². The van der Waals surface area contributed by atoms with E-state index in [1.54, 1.807) is 12.1 Å². The highest BCUT2D eigenvalue weighted by Crippen LogP contribution is 2.29. The predicted molar refractivity (Wildman–Crippen MR) is 71.9 cm³/mol. The van der Waals surface area contributed by atoms with E-state index < -0.39 is 0 Å². The van der Waals surface area contributed by atoms with Crippen molar-refractivity contribution >= 4 is 10.8 Å². The van der Waals surface area contributed by atoms with E-state index >= 15 is 0 Å². The molecule has 1 nitrogen and oxygen atoms in total. The van der Waals surface area contributed by atoms with E-state index in [1.807, 2.05) is 25.3 Å². The molecule has 0 aliphatic heterocycles. The summed E-state index contributed by atoms with van der Waals surface area (Å²) in [6, 6.07) is 14.7. The van der Waals surface area contributed by atoms with E-state index in [9.17, 15) is 4.39 Å². The average Bonchev–Trinajstić information content (AvgIpc) is 2.41. The molecule has 1 heterocycles. The number of fused-ring (bicyclic) bond motifs is 1. The zero-order chi connectivity index (χ0) is 12.5. The van der Waals surface area contributed by atoms with Gasteiger partial charge in [0.05, 0.1) is 0 Å². The molecule has 3 aromatic rings. The van der Waals surface area contributed by atoms with Crippen molar-refractivity contribution in [2.45, 2.75) is 6.92 Å². The lowest BCUT2D eigenvalue weighted by Gasteiger charge is -2.08. The molecular weight excluding hydrogens is 225 g/mol. The van der Waals surface area contributed by atoms with Crippen molar-refractivity contribution in [3.63, 3.8) is 0 Å². The zero-order valence-electron chi connectivity index (χ0n) is 10.0. The third-order valence-corrected chi connectivity index (χ3v) is 3.15. The molecule has 0 fully saturated rings. The van der Waals surface area contributed by atoms with Crippen LogP contribution in [0, 0.1) is 12.7 Å². The fourth-order valence-electron chi connectivity index (χ4n) is 2.19. The van der Waals surface area contributed by atoms with Gasteiger partial charge in [-0.05, 0) is 30.0 Å². The quantitative estimate of drug-likeness (QED) is 0.613. The topological polar surface area (TPSA) is 12.9 Å². The largest absolute Gasteiger partial charge is 0.260 e. The van der Waals surface area contributed by atoms with Gasteiger partial charge >= 0.3 is 0 Å². The van der Waals surface area contributed by atoms with Gasteiger partial charge in [-0.1, -0.05) is 36.4 Å². The van der Waals surface area contributed by atoms with Gasteiger partial charge in [0, 0.05) is 22.8 Å². The third-order valence-electron chi connectivity index (χ3n) is 3.15. The van der Waals surface area contributed by atoms with Gasteiger partial charge in [0.25, 0.3) is 0 Å². The Morgan fingerprint density at radius 1 is 0.889 bits per heavy atom. The normalized spacial score (nSPS) is 10.8. The molecule has 0 saturated carbocycles. The SMILES string of the molecule is Cc1ncc(-c2ccc(F)cc2)c2ccccc12. The molecular formula is C16H12FN. The van der Waals surface area contributed by atoms with Crippen LogP contribution in [0.25, 0.3) is 21.9 Å². The first-order valence-electron chi connectivity index (χ1n) is 5.86. The van der Waals surface area contributed by atoms with Gasteiger partial charge in [-0.3, -0.25) is 4.98 Å². The highest BCUT2D eigenvalue weighted by atomic mass is 19.1. The Morgan fingerprint density at radius 2 is 1.56 bits per heavy atom. The Kier molecular flexibility index (Phi) is 2.56. The molecule has 3 rings (SSSR count). The van der Waals surface area contributed by atoms with Crippen LogP contribution in [-0.2, 0) is 0 Å². The Hall–Kier alpha value is -2.22. The summed E-state index contributed by atoms with van der Waals surface area (Å²) >= 11 is 0. The van der Waals surface area contributed by atoms with Gasteiger partial charge in [0.1, 0.15) is 5.82 Å². The van der Waals surface area contributed by atoms with Crippen molar-refractivity contribution in [1.82, 2.24) is 4.98 Å². The van der Waals surface area contributed by atoms with Crippen molar-refractivity contribution in [3.8, 4) is 11.1 Å². The summed E-state index contributed by atoms with van der Waals surface area (Å²) in [7, 11) is 0. The summed E-state index contributed by atoms with van der Waals surface area (Å²) in [6.07, 6.45) is 1.85. The van der Waals surface area contributed by atoms with Crippen LogP contribution in [0.3, 0.4) is 0 Å². The van der Waals surface area contributed by atoms with Gasteiger partial charge in [-0.15, -0.1) is 0 Å². The van der Waals surface area contributed by atoms with Crippen LogP contribution in [0.15, 0.2) is 54.7 Å². The van der Waals surface area contributed by atoms with Crippen LogP contribution in [0.5, 0.6) is 0 Å². The summed E-state index contributed by atoms with van der Waals surface area (Å²) in [5.41, 5.74) is 3.03. The molecule has 0 saturated heterocycles. The fraction of sp³-hybridized carbons (Fsp3) is 0.0625. The van der Waals surface area contributed by atoms with Crippen LogP contribution < -0.4 is 0 Å². The lowest BCUT2D eigenvalue weighted by molar-refractivity contribution is 0.628. The van der Waals surface area contributed by atoms with Crippen LogP contribution in [0.2, 0.25) is 0 Å². The van der Waals surface area contributed by atoms with E-state index in [1.165, 1.54) is 12.1 Å². The standard InChI is InChI=1S/C16H12FN/c1-11-14-4-2-3-5-15(14)16(10-18-11)12-6-8-13(17)9-7-12/h2-10H,1H3. The molecule has 1 aromatic heterocycles. The molecule has 2 heteroatoms. The van der Waals surface area contributed by atoms with Crippen molar-refractivity contribution in [2.24, 2.45) is 0 Å². The van der Waals surface area contributed by atoms with Crippen LogP contribution in [0.1, 0.15) is 5.69 Å². The smallest absolute Gasteiger partial charge is 0.123 e. The first kappa shape index (κ1) is 10.9. The van der Waals surface area contributed by atoms with Crippen molar-refractivity contribution < 1.29 is 4.39 Å². The number of benzene rings is 2. The number of aromatic nitrogens is 1. The van der Waals surface area contributed by atoms with Crippen molar-refractivity contribution in [3.05, 3.63) is 66.2 Å². The van der Waals surface area contributed by atoms with E-state index in [2.05, 4.69) is 17.1 Å². The average molecular weight is 237 g/mol. The molecule has 0 unspecified atom stereocenters. The van der Waals surface area contributed by atoms with Gasteiger partial charge in [-0.2, -0.15) is 0 Å². The maximum atomic E-state index is 13.0. The summed E-state index contributed by atoms with van der Waals surface area (Å²) in [6.45, 7) is 2.00. The van der Waals surface area contributed by atoms with E-state index in [4.69, 9.17) is 0 Å². The molecule has 88 valence electrons. The molecule has 2 aromatic carbocycles. The Labute approximate surface area is 105 Å². The molecule has 0 amide bonds. The first-order valence-corrected chi connectivity index (χ1v) is 5.86. The molecule has 18 heavy (non-hydrogen) atoms. The summed E-state index contributed by atoms with van der Waals surface area (Å²) < 4.78 is 13.0. The first-order chi connectivity index (χ1) is 8.75. The molecule has 0 aliphatic carbocycles. The highest BCUT2D eigenvalue weighted by molar-refractivity contribution is 5.97. The van der Waals surface area contributed by atoms with Gasteiger partial charge in [0.2, 0.25) is 0 Å². The number of hydrogen-bond donors (Lipinski definition) is 0. The number of pyridine rings is 1. The number of halogens is 1. The minimum Gasteiger partial charge on any atom is -0.260 e. The van der Waals surface area contributed by atoms with E-state index in [-0.39, 0.29) is 5.82 Å². The monoisotopic (exact) mass is 237 g/mol. The van der Waals surface area contributed by atoms with E-state index in [0.29, 0.717) is 0 Å². The highest BCUT2D eigenvalue weighted by Gasteiger charge is 2.06. The van der Waals surface area contributed by atoms with Crippen molar-refractivity contribution in [2.75, 3.05) is 0 Å². The molecule has 0 atom stereocenters. The maximum Gasteiger partial charge on any atom is 0.123 e. The number of nitrogens with zero attached hydrogens (tertiary/aromatic N) is 1. The van der Waals surface area contributed by atoms with Crippen LogP contribution in [-0.4, -0.2) is 4.98 Å². The summed E-state index contributed by atoms with van der Waals surface area (Å²) in [5, 5.41) is 2.29. The Bertz CT molecular complexity index is 702. The van der Waals surface area contributed by atoms with Crippen LogP contribution in [0.4, 0.5) is 4.39 Å². The predicted octanol–water partition coefficient (Wildman–Crippen LogP) is 4.35.